The van der Waals surface area contributed by atoms with Crippen molar-refractivity contribution in [1.29, 1.82) is 0 Å². The highest BCUT2D eigenvalue weighted by molar-refractivity contribution is 5.79. The largest absolute Gasteiger partial charge is 0.493 e. The van der Waals surface area contributed by atoms with E-state index >= 15 is 0 Å². The quantitative estimate of drug-likeness (QED) is 0.325. The van der Waals surface area contributed by atoms with Gasteiger partial charge in [0.1, 0.15) is 5.52 Å². The van der Waals surface area contributed by atoms with Gasteiger partial charge in [0.05, 0.1) is 26.3 Å². The van der Waals surface area contributed by atoms with Crippen LogP contribution in [-0.4, -0.2) is 31.2 Å². The lowest BCUT2D eigenvalue weighted by Crippen LogP contribution is -1.95. The second-order valence-corrected chi connectivity index (χ2v) is 6.42. The van der Waals surface area contributed by atoms with Crippen LogP contribution in [0.5, 0.6) is 17.2 Å². The number of rotatable bonds is 6. The van der Waals surface area contributed by atoms with E-state index in [1.165, 1.54) is 12.1 Å². The fourth-order valence-electron chi connectivity index (χ4n) is 3.21. The molecule has 0 amide bonds. The molecule has 0 unspecified atom stereocenters. The average Bonchev–Trinajstić information content (AvgIpc) is 3.21. The van der Waals surface area contributed by atoms with Crippen molar-refractivity contribution < 1.29 is 23.6 Å². The van der Waals surface area contributed by atoms with Crippen molar-refractivity contribution in [3.05, 3.63) is 64.7 Å². The number of nitro benzene ring substituents is 1. The molecule has 0 aliphatic carbocycles. The highest BCUT2D eigenvalue weighted by Gasteiger charge is 2.15. The SMILES string of the molecule is COc1cc(-c2ccc(-c3nc4cc([N+](=O)[O-])ccc4o3)cc2)cc(OC)c1OC. The Morgan fingerprint density at radius 3 is 2.03 bits per heavy atom. The van der Waals surface area contributed by atoms with E-state index in [-0.39, 0.29) is 5.69 Å². The van der Waals surface area contributed by atoms with Crippen LogP contribution in [0.1, 0.15) is 0 Å². The summed E-state index contributed by atoms with van der Waals surface area (Å²) in [5.74, 6) is 2.05. The molecule has 1 aromatic heterocycles. The molecule has 0 aliphatic rings. The molecule has 3 aromatic carbocycles. The number of non-ortho nitro benzene ring substituents is 1. The minimum absolute atomic E-state index is 0.0277. The van der Waals surface area contributed by atoms with Crippen molar-refractivity contribution in [3.63, 3.8) is 0 Å². The van der Waals surface area contributed by atoms with Crippen LogP contribution in [0.2, 0.25) is 0 Å². The maximum atomic E-state index is 10.9. The number of oxazole rings is 1. The summed E-state index contributed by atoms with van der Waals surface area (Å²) in [5, 5.41) is 10.9. The van der Waals surface area contributed by atoms with Gasteiger partial charge in [-0.3, -0.25) is 10.1 Å². The van der Waals surface area contributed by atoms with Crippen molar-refractivity contribution in [1.82, 2.24) is 4.98 Å². The summed E-state index contributed by atoms with van der Waals surface area (Å²) in [6, 6.07) is 15.7. The van der Waals surface area contributed by atoms with Crippen LogP contribution in [0.4, 0.5) is 5.69 Å². The molecule has 0 atom stereocenters. The van der Waals surface area contributed by atoms with Gasteiger partial charge < -0.3 is 18.6 Å². The van der Waals surface area contributed by atoms with Gasteiger partial charge in [-0.2, -0.15) is 0 Å². The Labute approximate surface area is 171 Å². The second kappa shape index (κ2) is 7.75. The zero-order chi connectivity index (χ0) is 21.3. The Hall–Kier alpha value is -4.07. The van der Waals surface area contributed by atoms with E-state index in [0.717, 1.165) is 16.7 Å². The van der Waals surface area contributed by atoms with Crippen LogP contribution in [-0.2, 0) is 0 Å². The summed E-state index contributed by atoms with van der Waals surface area (Å²) in [6.07, 6.45) is 0. The highest BCUT2D eigenvalue weighted by Crippen LogP contribution is 2.41. The lowest BCUT2D eigenvalue weighted by Gasteiger charge is -2.14. The lowest BCUT2D eigenvalue weighted by atomic mass is 10.0. The average molecular weight is 406 g/mol. The van der Waals surface area contributed by atoms with E-state index in [1.807, 2.05) is 36.4 Å². The predicted octanol–water partition coefficient (Wildman–Crippen LogP) is 5.10. The number of hydrogen-bond acceptors (Lipinski definition) is 7. The van der Waals surface area contributed by atoms with Crippen molar-refractivity contribution >= 4 is 16.8 Å². The maximum Gasteiger partial charge on any atom is 0.271 e. The molecule has 0 spiro atoms. The first-order chi connectivity index (χ1) is 14.5. The van der Waals surface area contributed by atoms with Gasteiger partial charge in [0.15, 0.2) is 17.1 Å². The summed E-state index contributed by atoms with van der Waals surface area (Å²) in [6.45, 7) is 0. The lowest BCUT2D eigenvalue weighted by molar-refractivity contribution is -0.384. The van der Waals surface area contributed by atoms with Crippen molar-refractivity contribution in [2.24, 2.45) is 0 Å². The number of hydrogen-bond donors (Lipinski definition) is 0. The normalized spacial score (nSPS) is 10.8. The summed E-state index contributed by atoms with van der Waals surface area (Å²) < 4.78 is 21.9. The number of benzene rings is 3. The molecule has 0 aliphatic heterocycles. The summed E-state index contributed by atoms with van der Waals surface area (Å²) in [4.78, 5) is 14.9. The molecule has 0 N–H and O–H groups in total. The van der Waals surface area contributed by atoms with Gasteiger partial charge in [-0.25, -0.2) is 4.98 Å². The van der Waals surface area contributed by atoms with Gasteiger partial charge in [0.2, 0.25) is 11.6 Å². The third kappa shape index (κ3) is 3.39. The maximum absolute atomic E-state index is 10.9. The Morgan fingerprint density at radius 1 is 0.833 bits per heavy atom. The van der Waals surface area contributed by atoms with Gasteiger partial charge in [0.25, 0.3) is 5.69 Å². The predicted molar refractivity (Wildman–Crippen MR) is 111 cm³/mol. The Kier molecular flexibility index (Phi) is 4.97. The van der Waals surface area contributed by atoms with Crippen LogP contribution >= 0.6 is 0 Å². The minimum Gasteiger partial charge on any atom is -0.493 e. The molecule has 1 heterocycles. The molecule has 152 valence electrons. The standard InChI is InChI=1S/C22H18N2O6/c1-27-19-10-15(11-20(28-2)21(19)29-3)13-4-6-14(7-5-13)22-23-17-12-16(24(25)26)8-9-18(17)30-22/h4-12H,1-3H3. The molecule has 30 heavy (non-hydrogen) atoms. The molecule has 0 saturated carbocycles. The van der Waals surface area contributed by atoms with E-state index in [2.05, 4.69) is 4.98 Å². The molecule has 0 saturated heterocycles. The second-order valence-electron chi connectivity index (χ2n) is 6.42. The molecule has 0 radical (unpaired) electrons. The van der Waals surface area contributed by atoms with Crippen LogP contribution in [0.25, 0.3) is 33.7 Å². The van der Waals surface area contributed by atoms with E-state index in [1.54, 1.807) is 27.4 Å². The topological polar surface area (TPSA) is 96.9 Å². The molecule has 4 rings (SSSR count). The Morgan fingerprint density at radius 2 is 1.47 bits per heavy atom. The summed E-state index contributed by atoms with van der Waals surface area (Å²) in [7, 11) is 4.70. The molecule has 8 nitrogen and oxygen atoms in total. The van der Waals surface area contributed by atoms with Gasteiger partial charge in [-0.05, 0) is 41.5 Å². The molecule has 0 bridgehead atoms. The highest BCUT2D eigenvalue weighted by atomic mass is 16.6. The van der Waals surface area contributed by atoms with Gasteiger partial charge in [-0.1, -0.05) is 12.1 Å². The molecule has 8 heteroatoms. The van der Waals surface area contributed by atoms with Gasteiger partial charge in [0, 0.05) is 17.7 Å². The van der Waals surface area contributed by atoms with Crippen molar-refractivity contribution in [2.45, 2.75) is 0 Å². The van der Waals surface area contributed by atoms with Crippen molar-refractivity contribution in [3.8, 4) is 39.8 Å². The zero-order valence-electron chi connectivity index (χ0n) is 16.5. The number of methoxy groups -OCH3 is 3. The number of nitrogens with zero attached hydrogens (tertiary/aromatic N) is 2. The monoisotopic (exact) mass is 406 g/mol. The van der Waals surface area contributed by atoms with Crippen LogP contribution in [0, 0.1) is 10.1 Å². The number of fused-ring (bicyclic) bond motifs is 1. The fourth-order valence-corrected chi connectivity index (χ4v) is 3.21. The molecule has 4 aromatic rings. The Balaban J connectivity index is 1.69. The van der Waals surface area contributed by atoms with Crippen molar-refractivity contribution in [2.75, 3.05) is 21.3 Å². The number of aromatic nitrogens is 1. The van der Waals surface area contributed by atoms with Gasteiger partial charge >= 0.3 is 0 Å². The zero-order valence-corrected chi connectivity index (χ0v) is 16.5. The first kappa shape index (κ1) is 19.3. The summed E-state index contributed by atoms with van der Waals surface area (Å²) in [5.41, 5.74) is 3.48. The van der Waals surface area contributed by atoms with E-state index < -0.39 is 4.92 Å². The third-order valence-electron chi connectivity index (χ3n) is 4.71. The molecular weight excluding hydrogens is 388 g/mol. The smallest absolute Gasteiger partial charge is 0.271 e. The fraction of sp³-hybridized carbons (Fsp3) is 0.136. The Bertz CT molecular complexity index is 1210. The van der Waals surface area contributed by atoms with E-state index in [4.69, 9.17) is 18.6 Å². The molecule has 0 fully saturated rings. The van der Waals surface area contributed by atoms with Crippen LogP contribution < -0.4 is 14.2 Å². The van der Waals surface area contributed by atoms with Gasteiger partial charge in [-0.15, -0.1) is 0 Å². The first-order valence-electron chi connectivity index (χ1n) is 9.00. The van der Waals surface area contributed by atoms with Crippen LogP contribution in [0.3, 0.4) is 0 Å². The van der Waals surface area contributed by atoms with E-state index in [9.17, 15) is 10.1 Å². The third-order valence-corrected chi connectivity index (χ3v) is 4.71. The first-order valence-corrected chi connectivity index (χ1v) is 9.00. The summed E-state index contributed by atoms with van der Waals surface area (Å²) >= 11 is 0. The minimum atomic E-state index is -0.458. The van der Waals surface area contributed by atoms with Crippen LogP contribution in [0.15, 0.2) is 59.0 Å². The number of ether oxygens (including phenoxy) is 3. The molecular formula is C22H18N2O6. The number of nitro groups is 1. The van der Waals surface area contributed by atoms with E-state index in [0.29, 0.717) is 34.2 Å².